The lowest BCUT2D eigenvalue weighted by molar-refractivity contribution is 0.0507. The molecular weight excluding hydrogens is 283 g/mol. The van der Waals surface area contributed by atoms with Gasteiger partial charge < -0.3 is 4.90 Å². The Balaban J connectivity index is 1.58. The molecule has 2 aliphatic rings. The summed E-state index contributed by atoms with van der Waals surface area (Å²) < 4.78 is 13.9. The standard InChI is InChI=1S/C16H17FN4O/c17-15-4-2-1-3-14(15)16(22)20-11-5-6-12(20)10-13(9-11)21-18-7-8-19-21/h1-4,7-8,11-13H,5-6,9-10H2. The molecule has 2 saturated heterocycles. The Labute approximate surface area is 127 Å². The Morgan fingerprint density at radius 3 is 2.32 bits per heavy atom. The number of rotatable bonds is 2. The Morgan fingerprint density at radius 1 is 1.05 bits per heavy atom. The quantitative estimate of drug-likeness (QED) is 0.856. The molecule has 2 bridgehead atoms. The highest BCUT2D eigenvalue weighted by Crippen LogP contribution is 2.41. The van der Waals surface area contributed by atoms with E-state index in [0.717, 1.165) is 25.7 Å². The summed E-state index contributed by atoms with van der Waals surface area (Å²) >= 11 is 0. The fourth-order valence-electron chi connectivity index (χ4n) is 3.86. The molecule has 5 nitrogen and oxygen atoms in total. The van der Waals surface area contributed by atoms with Gasteiger partial charge in [0.15, 0.2) is 0 Å². The lowest BCUT2D eigenvalue weighted by atomic mass is 9.96. The lowest BCUT2D eigenvalue weighted by Gasteiger charge is -2.38. The van der Waals surface area contributed by atoms with E-state index < -0.39 is 5.82 Å². The van der Waals surface area contributed by atoms with E-state index in [1.165, 1.54) is 6.07 Å². The van der Waals surface area contributed by atoms with Crippen molar-refractivity contribution in [3.8, 4) is 0 Å². The van der Waals surface area contributed by atoms with Crippen LogP contribution in [0.25, 0.3) is 0 Å². The molecule has 114 valence electrons. The van der Waals surface area contributed by atoms with Crippen LogP contribution in [0.1, 0.15) is 42.1 Å². The number of benzene rings is 1. The molecule has 2 fully saturated rings. The number of piperidine rings is 1. The minimum absolute atomic E-state index is 0.154. The van der Waals surface area contributed by atoms with Crippen LogP contribution in [-0.2, 0) is 0 Å². The van der Waals surface area contributed by atoms with E-state index in [4.69, 9.17) is 0 Å². The first-order valence-electron chi connectivity index (χ1n) is 7.67. The van der Waals surface area contributed by atoms with Crippen LogP contribution in [0.15, 0.2) is 36.7 Å². The van der Waals surface area contributed by atoms with Crippen LogP contribution in [0.5, 0.6) is 0 Å². The molecule has 0 N–H and O–H groups in total. The average Bonchev–Trinajstić information content (AvgIpc) is 3.14. The number of halogens is 1. The van der Waals surface area contributed by atoms with Gasteiger partial charge in [0.2, 0.25) is 0 Å². The fraction of sp³-hybridized carbons (Fsp3) is 0.438. The number of nitrogens with zero attached hydrogens (tertiary/aromatic N) is 4. The molecule has 0 aliphatic carbocycles. The van der Waals surface area contributed by atoms with Crippen molar-refractivity contribution in [2.45, 2.75) is 43.8 Å². The van der Waals surface area contributed by atoms with Crippen LogP contribution in [0.3, 0.4) is 0 Å². The van der Waals surface area contributed by atoms with Gasteiger partial charge in [-0.2, -0.15) is 15.0 Å². The van der Waals surface area contributed by atoms with Crippen LogP contribution in [0, 0.1) is 5.82 Å². The second-order valence-corrected chi connectivity index (χ2v) is 6.05. The smallest absolute Gasteiger partial charge is 0.257 e. The van der Waals surface area contributed by atoms with Gasteiger partial charge in [-0.05, 0) is 37.8 Å². The Morgan fingerprint density at radius 2 is 1.68 bits per heavy atom. The van der Waals surface area contributed by atoms with Crippen LogP contribution in [0.4, 0.5) is 4.39 Å². The third-order valence-corrected chi connectivity index (χ3v) is 4.81. The van der Waals surface area contributed by atoms with E-state index in [1.807, 2.05) is 4.90 Å². The van der Waals surface area contributed by atoms with E-state index in [-0.39, 0.29) is 29.6 Å². The molecule has 4 rings (SSSR count). The first-order chi connectivity index (χ1) is 10.7. The molecule has 6 heteroatoms. The average molecular weight is 300 g/mol. The second kappa shape index (κ2) is 5.19. The molecule has 0 radical (unpaired) electrons. The van der Waals surface area contributed by atoms with Gasteiger partial charge >= 0.3 is 0 Å². The molecule has 1 aromatic heterocycles. The number of amides is 1. The predicted molar refractivity (Wildman–Crippen MR) is 77.7 cm³/mol. The maximum absolute atomic E-state index is 13.9. The molecule has 0 saturated carbocycles. The molecule has 2 aliphatic heterocycles. The van der Waals surface area contributed by atoms with Crippen LogP contribution in [0.2, 0.25) is 0 Å². The van der Waals surface area contributed by atoms with Gasteiger partial charge in [0.05, 0.1) is 24.0 Å². The Kier molecular flexibility index (Phi) is 3.17. The lowest BCUT2D eigenvalue weighted by Crippen LogP contribution is -2.47. The van der Waals surface area contributed by atoms with Crippen molar-refractivity contribution < 1.29 is 9.18 Å². The second-order valence-electron chi connectivity index (χ2n) is 6.05. The van der Waals surface area contributed by atoms with Gasteiger partial charge in [-0.25, -0.2) is 4.39 Å². The van der Waals surface area contributed by atoms with Gasteiger partial charge in [0.25, 0.3) is 5.91 Å². The number of fused-ring (bicyclic) bond motifs is 2. The zero-order chi connectivity index (χ0) is 15.1. The predicted octanol–water partition coefficient (Wildman–Crippen LogP) is 2.43. The molecule has 0 spiro atoms. The molecule has 3 heterocycles. The third-order valence-electron chi connectivity index (χ3n) is 4.81. The molecule has 1 aromatic carbocycles. The van der Waals surface area contributed by atoms with E-state index in [0.29, 0.717) is 0 Å². The van der Waals surface area contributed by atoms with Crippen molar-refractivity contribution in [1.82, 2.24) is 19.9 Å². The van der Waals surface area contributed by atoms with E-state index in [1.54, 1.807) is 35.4 Å². The molecule has 22 heavy (non-hydrogen) atoms. The molecule has 2 aromatic rings. The highest BCUT2D eigenvalue weighted by molar-refractivity contribution is 5.95. The van der Waals surface area contributed by atoms with E-state index >= 15 is 0 Å². The third kappa shape index (κ3) is 2.10. The van der Waals surface area contributed by atoms with Gasteiger partial charge in [-0.15, -0.1) is 0 Å². The molecule has 2 unspecified atom stereocenters. The van der Waals surface area contributed by atoms with Crippen molar-refractivity contribution in [3.63, 3.8) is 0 Å². The van der Waals surface area contributed by atoms with Gasteiger partial charge in [-0.3, -0.25) is 4.79 Å². The summed E-state index contributed by atoms with van der Waals surface area (Å²) in [4.78, 5) is 16.4. The number of carbonyl (C=O) groups is 1. The van der Waals surface area contributed by atoms with Crippen molar-refractivity contribution in [2.75, 3.05) is 0 Å². The summed E-state index contributed by atoms with van der Waals surface area (Å²) in [5.74, 6) is -0.625. The first-order valence-corrected chi connectivity index (χ1v) is 7.67. The summed E-state index contributed by atoms with van der Waals surface area (Å²) in [6.45, 7) is 0. The molecule has 2 atom stereocenters. The summed E-state index contributed by atoms with van der Waals surface area (Å²) in [6, 6.07) is 6.77. The number of aromatic nitrogens is 3. The Hall–Kier alpha value is -2.24. The van der Waals surface area contributed by atoms with Gasteiger partial charge in [0.1, 0.15) is 5.82 Å². The maximum atomic E-state index is 13.9. The number of hydrogen-bond acceptors (Lipinski definition) is 3. The first kappa shape index (κ1) is 13.4. The van der Waals surface area contributed by atoms with Crippen molar-refractivity contribution in [3.05, 3.63) is 48.0 Å². The zero-order valence-corrected chi connectivity index (χ0v) is 12.1. The van der Waals surface area contributed by atoms with Crippen molar-refractivity contribution >= 4 is 5.91 Å². The largest absolute Gasteiger partial charge is 0.332 e. The van der Waals surface area contributed by atoms with Crippen molar-refractivity contribution in [2.24, 2.45) is 0 Å². The van der Waals surface area contributed by atoms with Crippen LogP contribution < -0.4 is 0 Å². The molecule has 1 amide bonds. The zero-order valence-electron chi connectivity index (χ0n) is 12.1. The monoisotopic (exact) mass is 300 g/mol. The summed E-state index contributed by atoms with van der Waals surface area (Å²) in [5.41, 5.74) is 0.176. The van der Waals surface area contributed by atoms with Gasteiger partial charge in [0, 0.05) is 12.1 Å². The number of hydrogen-bond donors (Lipinski definition) is 0. The van der Waals surface area contributed by atoms with E-state index in [2.05, 4.69) is 10.2 Å². The summed E-state index contributed by atoms with van der Waals surface area (Å²) in [5, 5.41) is 8.44. The van der Waals surface area contributed by atoms with Gasteiger partial charge in [-0.1, -0.05) is 12.1 Å². The van der Waals surface area contributed by atoms with Crippen molar-refractivity contribution in [1.29, 1.82) is 0 Å². The highest BCUT2D eigenvalue weighted by atomic mass is 19.1. The fourth-order valence-corrected chi connectivity index (χ4v) is 3.86. The van der Waals surface area contributed by atoms with E-state index in [9.17, 15) is 9.18 Å². The highest BCUT2D eigenvalue weighted by Gasteiger charge is 2.44. The normalized spacial score (nSPS) is 27.1. The summed E-state index contributed by atoms with van der Waals surface area (Å²) in [7, 11) is 0. The Bertz CT molecular complexity index is 673. The van der Waals surface area contributed by atoms with Crippen LogP contribution in [-0.4, -0.2) is 37.9 Å². The minimum Gasteiger partial charge on any atom is -0.332 e. The minimum atomic E-state index is -0.442. The summed E-state index contributed by atoms with van der Waals surface area (Å²) in [6.07, 6.45) is 6.99. The molecular formula is C16H17FN4O. The topological polar surface area (TPSA) is 51.0 Å². The SMILES string of the molecule is O=C(c1ccccc1F)N1C2CCC1CC(n1nccn1)C2. The number of carbonyl (C=O) groups excluding carboxylic acids is 1. The van der Waals surface area contributed by atoms with Crippen LogP contribution >= 0.6 is 0 Å². The maximum Gasteiger partial charge on any atom is 0.257 e.